The van der Waals surface area contributed by atoms with Gasteiger partial charge in [-0.2, -0.15) is 19.0 Å². The van der Waals surface area contributed by atoms with Gasteiger partial charge in [-0.1, -0.05) is 13.2 Å². The summed E-state index contributed by atoms with van der Waals surface area (Å²) in [5, 5.41) is 1.34. The summed E-state index contributed by atoms with van der Waals surface area (Å²) >= 11 is 1.14. The van der Waals surface area contributed by atoms with Gasteiger partial charge >= 0.3 is 0 Å². The van der Waals surface area contributed by atoms with E-state index in [1.54, 1.807) is 10.5 Å². The summed E-state index contributed by atoms with van der Waals surface area (Å²) in [6.07, 6.45) is 1.64. The van der Waals surface area contributed by atoms with Crippen LogP contribution in [0.1, 0.15) is 0 Å². The Morgan fingerprint density at radius 1 is 1.19 bits per heavy atom. The van der Waals surface area contributed by atoms with Crippen LogP contribution >= 0.6 is 25.7 Å². The van der Waals surface area contributed by atoms with Gasteiger partial charge in [0.2, 0.25) is 0 Å². The predicted molar refractivity (Wildman–Crippen MR) is 93.0 cm³/mol. The van der Waals surface area contributed by atoms with Crippen molar-refractivity contribution in [3.8, 4) is 0 Å². The van der Waals surface area contributed by atoms with E-state index >= 15 is 0 Å². The summed E-state index contributed by atoms with van der Waals surface area (Å²) in [5.41, 5.74) is 2.74. The van der Waals surface area contributed by atoms with Gasteiger partial charge in [0.05, 0.1) is 26.4 Å². The normalized spacial score (nSPS) is 11.5. The fourth-order valence-corrected chi connectivity index (χ4v) is 1.58. The van der Waals surface area contributed by atoms with Crippen LogP contribution < -0.4 is 10.2 Å². The van der Waals surface area contributed by atoms with Crippen LogP contribution in [0.3, 0.4) is 0 Å². The summed E-state index contributed by atoms with van der Waals surface area (Å²) < 4.78 is 31.0. The van der Waals surface area contributed by atoms with Gasteiger partial charge in [-0.25, -0.2) is 13.2 Å². The molecule has 0 saturated carbocycles. The molecule has 1 atom stereocenters. The third-order valence-corrected chi connectivity index (χ3v) is 3.20. The third-order valence-electron chi connectivity index (χ3n) is 1.83. The number of hydroxylamine groups is 1. The van der Waals surface area contributed by atoms with Gasteiger partial charge in [-0.15, -0.1) is 0 Å². The van der Waals surface area contributed by atoms with E-state index in [1.807, 2.05) is 7.05 Å². The Bertz CT molecular complexity index is 285. The lowest BCUT2D eigenvalue weighted by atomic mass is 10.7. The fourth-order valence-electron chi connectivity index (χ4n) is 0.866. The molecule has 1 unspecified atom stereocenters. The van der Waals surface area contributed by atoms with Crippen LogP contribution in [0.5, 0.6) is 0 Å². The first kappa shape index (κ1) is 23.2. The number of ether oxygens (including phenoxy) is 2. The van der Waals surface area contributed by atoms with Crippen molar-refractivity contribution in [2.24, 2.45) is 0 Å². The van der Waals surface area contributed by atoms with Crippen molar-refractivity contribution in [1.82, 2.24) is 14.5 Å². The van der Waals surface area contributed by atoms with Gasteiger partial charge < -0.3 is 13.8 Å². The van der Waals surface area contributed by atoms with Gasteiger partial charge in [-0.3, -0.25) is 0 Å². The SMILES string of the molecule is C=CN(C)SONCCOCCOCCNS(=O)C=C.S. The molecule has 0 aliphatic rings. The van der Waals surface area contributed by atoms with Crippen molar-refractivity contribution < 1.29 is 18.0 Å². The monoisotopic (exact) mass is 359 g/mol. The number of nitrogens with one attached hydrogen (secondary N) is 2. The Balaban J connectivity index is 0. The Morgan fingerprint density at radius 2 is 1.81 bits per heavy atom. The number of rotatable bonds is 15. The van der Waals surface area contributed by atoms with Crippen molar-refractivity contribution in [1.29, 1.82) is 0 Å². The van der Waals surface area contributed by atoms with Crippen molar-refractivity contribution in [2.45, 2.75) is 0 Å². The minimum Gasteiger partial charge on any atom is -0.378 e. The van der Waals surface area contributed by atoms with Crippen LogP contribution in [-0.4, -0.2) is 55.1 Å². The zero-order chi connectivity index (χ0) is 15.1. The first-order chi connectivity index (χ1) is 9.70. The summed E-state index contributed by atoms with van der Waals surface area (Å²) in [5.74, 6) is 0. The van der Waals surface area contributed by atoms with Crippen LogP contribution in [0.4, 0.5) is 0 Å². The molecular formula is C11H25N3O4S3. The van der Waals surface area contributed by atoms with Gasteiger partial charge in [0.1, 0.15) is 23.2 Å². The van der Waals surface area contributed by atoms with Gasteiger partial charge in [-0.05, 0) is 0 Å². The number of hydrogen-bond donors (Lipinski definition) is 2. The predicted octanol–water partition coefficient (Wildman–Crippen LogP) is 0.689. The molecule has 0 aliphatic carbocycles. The number of nitrogens with zero attached hydrogens (tertiary/aromatic N) is 1. The molecular weight excluding hydrogens is 334 g/mol. The highest BCUT2D eigenvalue weighted by Gasteiger charge is 1.94. The van der Waals surface area contributed by atoms with E-state index in [-0.39, 0.29) is 13.5 Å². The largest absolute Gasteiger partial charge is 0.378 e. The second-order valence-corrected chi connectivity index (χ2v) is 5.47. The minimum absolute atomic E-state index is 0. The van der Waals surface area contributed by atoms with Crippen LogP contribution in [0.2, 0.25) is 0 Å². The smallest absolute Gasteiger partial charge is 0.134 e. The van der Waals surface area contributed by atoms with E-state index in [1.165, 1.54) is 5.41 Å². The number of hydrogen-bond acceptors (Lipinski definition) is 7. The van der Waals surface area contributed by atoms with Crippen LogP contribution in [0.25, 0.3) is 0 Å². The van der Waals surface area contributed by atoms with Crippen molar-refractivity contribution >= 4 is 36.7 Å². The maximum absolute atomic E-state index is 10.9. The van der Waals surface area contributed by atoms with Gasteiger partial charge in [0.15, 0.2) is 0 Å². The molecule has 0 amide bonds. The Kier molecular flexibility index (Phi) is 19.9. The lowest BCUT2D eigenvalue weighted by molar-refractivity contribution is 0.0437. The zero-order valence-electron chi connectivity index (χ0n) is 12.2. The summed E-state index contributed by atoms with van der Waals surface area (Å²) in [6, 6.07) is 0. The van der Waals surface area contributed by atoms with Gasteiger partial charge in [0.25, 0.3) is 0 Å². The van der Waals surface area contributed by atoms with Gasteiger partial charge in [0, 0.05) is 31.7 Å². The molecule has 0 heterocycles. The maximum atomic E-state index is 10.9. The summed E-state index contributed by atoms with van der Waals surface area (Å²) in [4.78, 5) is 0. The molecule has 0 saturated heterocycles. The van der Waals surface area contributed by atoms with Crippen molar-refractivity contribution in [3.63, 3.8) is 0 Å². The highest BCUT2D eigenvalue weighted by molar-refractivity contribution is 7.92. The lowest BCUT2D eigenvalue weighted by Crippen LogP contribution is -2.22. The van der Waals surface area contributed by atoms with Crippen LogP contribution in [0.15, 0.2) is 24.8 Å². The van der Waals surface area contributed by atoms with Crippen molar-refractivity contribution in [2.75, 3.05) is 46.6 Å². The highest BCUT2D eigenvalue weighted by Crippen LogP contribution is 2.04. The fraction of sp³-hybridized carbons (Fsp3) is 0.636. The third kappa shape index (κ3) is 17.9. The van der Waals surface area contributed by atoms with Crippen LogP contribution in [-0.2, 0) is 24.7 Å². The van der Waals surface area contributed by atoms with E-state index < -0.39 is 11.0 Å². The highest BCUT2D eigenvalue weighted by atomic mass is 32.2. The maximum Gasteiger partial charge on any atom is 0.134 e. The molecule has 0 spiro atoms. The molecule has 0 bridgehead atoms. The topological polar surface area (TPSA) is 72.1 Å². The summed E-state index contributed by atoms with van der Waals surface area (Å²) in [7, 11) is 0.650. The first-order valence-electron chi connectivity index (χ1n) is 6.04. The zero-order valence-corrected chi connectivity index (χ0v) is 14.8. The lowest BCUT2D eigenvalue weighted by Gasteiger charge is -2.10. The second-order valence-electron chi connectivity index (χ2n) is 3.36. The molecule has 0 aromatic rings. The standard InChI is InChI=1S/C11H23N3O4S2.H2S/c1-4-14(3)19-18-12-6-8-16-10-11-17-9-7-13-20(15)5-2;/h4-5,12-13H,1-2,6-11H2,3H3;1H2. The molecule has 126 valence electrons. The molecule has 0 aromatic heterocycles. The molecule has 10 heteroatoms. The molecule has 0 aromatic carbocycles. The molecule has 2 N–H and O–H groups in total. The quantitative estimate of drug-likeness (QED) is 0.193. The molecule has 0 rings (SSSR count). The van der Waals surface area contributed by atoms with E-state index in [4.69, 9.17) is 13.8 Å². The van der Waals surface area contributed by atoms with E-state index in [2.05, 4.69) is 23.4 Å². The van der Waals surface area contributed by atoms with E-state index in [0.717, 1.165) is 12.2 Å². The Labute approximate surface area is 140 Å². The molecule has 0 radical (unpaired) electrons. The van der Waals surface area contributed by atoms with E-state index in [9.17, 15) is 4.21 Å². The molecule has 0 aliphatic heterocycles. The first-order valence-corrected chi connectivity index (χ1v) is 7.96. The van der Waals surface area contributed by atoms with E-state index in [0.29, 0.717) is 39.5 Å². The van der Waals surface area contributed by atoms with Crippen LogP contribution in [0, 0.1) is 0 Å². The molecule has 7 nitrogen and oxygen atoms in total. The molecule has 0 fully saturated rings. The second kappa shape index (κ2) is 18.0. The Morgan fingerprint density at radius 3 is 2.38 bits per heavy atom. The molecule has 21 heavy (non-hydrogen) atoms. The average Bonchev–Trinajstić information content (AvgIpc) is 2.47. The average molecular weight is 360 g/mol. The summed E-state index contributed by atoms with van der Waals surface area (Å²) in [6.45, 7) is 10.1. The minimum atomic E-state index is -1.18. The van der Waals surface area contributed by atoms with Crippen molar-refractivity contribution in [3.05, 3.63) is 24.8 Å². The Hall–Kier alpha value is -0.0700.